The number of anilines is 2. The summed E-state index contributed by atoms with van der Waals surface area (Å²) in [5.74, 6) is 1.72. The highest BCUT2D eigenvalue weighted by molar-refractivity contribution is 5.60. The first-order valence-corrected chi connectivity index (χ1v) is 11.8. The molecule has 4 aliphatic rings. The van der Waals surface area contributed by atoms with Crippen LogP contribution in [0.4, 0.5) is 20.7 Å². The van der Waals surface area contributed by atoms with Crippen LogP contribution in [0.15, 0.2) is 18.3 Å². The highest BCUT2D eigenvalue weighted by Gasteiger charge is 2.50. The summed E-state index contributed by atoms with van der Waals surface area (Å²) in [6.07, 6.45) is 5.06. The molecule has 2 aromatic heterocycles. The van der Waals surface area contributed by atoms with Gasteiger partial charge in [0.25, 0.3) is 6.43 Å². The average molecular weight is 459 g/mol. The van der Waals surface area contributed by atoms with Crippen molar-refractivity contribution in [3.63, 3.8) is 0 Å². The Kier molecular flexibility index (Phi) is 5.17. The Balaban J connectivity index is 1.39. The lowest BCUT2D eigenvalue weighted by molar-refractivity contribution is 0.00749. The SMILES string of the molecule is FC(F)c1ccc(-c2nc(N3CCC34CCCOC4)nc(N3CCC34CCCOC4)n2)cn1. The number of rotatable bonds is 4. The topological polar surface area (TPSA) is 76.5 Å². The van der Waals surface area contributed by atoms with Crippen LogP contribution in [-0.2, 0) is 9.47 Å². The first-order chi connectivity index (χ1) is 16.1. The van der Waals surface area contributed by atoms with Gasteiger partial charge >= 0.3 is 0 Å². The van der Waals surface area contributed by atoms with Crippen LogP contribution >= 0.6 is 0 Å². The van der Waals surface area contributed by atoms with Crippen LogP contribution < -0.4 is 9.80 Å². The molecule has 33 heavy (non-hydrogen) atoms. The van der Waals surface area contributed by atoms with Crippen LogP contribution in [0.5, 0.6) is 0 Å². The number of halogens is 2. The van der Waals surface area contributed by atoms with E-state index in [0.717, 1.165) is 64.8 Å². The second-order valence-electron chi connectivity index (χ2n) is 9.60. The van der Waals surface area contributed by atoms with Crippen molar-refractivity contribution in [1.82, 2.24) is 19.9 Å². The van der Waals surface area contributed by atoms with Crippen molar-refractivity contribution in [2.75, 3.05) is 49.3 Å². The van der Waals surface area contributed by atoms with Gasteiger partial charge in [0.05, 0.1) is 24.3 Å². The Bertz CT molecular complexity index is 956. The van der Waals surface area contributed by atoms with E-state index in [4.69, 9.17) is 24.4 Å². The Hall–Kier alpha value is -2.46. The van der Waals surface area contributed by atoms with Crippen molar-refractivity contribution >= 4 is 11.9 Å². The molecule has 0 N–H and O–H groups in total. The highest BCUT2D eigenvalue weighted by atomic mass is 19.3. The van der Waals surface area contributed by atoms with E-state index in [1.54, 1.807) is 6.07 Å². The van der Waals surface area contributed by atoms with Gasteiger partial charge in [-0.1, -0.05) is 0 Å². The van der Waals surface area contributed by atoms with E-state index in [1.165, 1.54) is 12.3 Å². The number of hydrogen-bond acceptors (Lipinski definition) is 8. The van der Waals surface area contributed by atoms with E-state index in [1.807, 2.05) is 0 Å². The van der Waals surface area contributed by atoms with E-state index in [9.17, 15) is 8.78 Å². The second-order valence-corrected chi connectivity index (χ2v) is 9.60. The molecule has 8 nitrogen and oxygen atoms in total. The van der Waals surface area contributed by atoms with Gasteiger partial charge in [0, 0.05) is 38.1 Å². The molecule has 176 valence electrons. The van der Waals surface area contributed by atoms with E-state index in [-0.39, 0.29) is 16.8 Å². The molecule has 0 saturated carbocycles. The molecular weight excluding hydrogens is 430 g/mol. The fraction of sp³-hybridized carbons (Fsp3) is 0.652. The molecule has 2 atom stereocenters. The summed E-state index contributed by atoms with van der Waals surface area (Å²) in [5, 5.41) is 0. The minimum Gasteiger partial charge on any atom is -0.379 e. The maximum atomic E-state index is 13.0. The first-order valence-electron chi connectivity index (χ1n) is 11.8. The van der Waals surface area contributed by atoms with Crippen molar-refractivity contribution < 1.29 is 18.3 Å². The van der Waals surface area contributed by atoms with E-state index in [0.29, 0.717) is 36.5 Å². The Labute approximate surface area is 191 Å². The lowest BCUT2D eigenvalue weighted by atomic mass is 9.80. The lowest BCUT2D eigenvalue weighted by Gasteiger charge is -2.56. The third-order valence-corrected chi connectivity index (χ3v) is 7.71. The van der Waals surface area contributed by atoms with Crippen molar-refractivity contribution in [3.05, 3.63) is 24.0 Å². The largest absolute Gasteiger partial charge is 0.379 e. The summed E-state index contributed by atoms with van der Waals surface area (Å²) >= 11 is 0. The monoisotopic (exact) mass is 458 g/mol. The van der Waals surface area contributed by atoms with Crippen molar-refractivity contribution in [1.29, 1.82) is 0 Å². The zero-order chi connectivity index (χ0) is 22.5. The normalized spacial score (nSPS) is 29.4. The van der Waals surface area contributed by atoms with Gasteiger partial charge in [-0.05, 0) is 50.7 Å². The summed E-state index contributed by atoms with van der Waals surface area (Å²) in [6, 6.07) is 2.95. The lowest BCUT2D eigenvalue weighted by Crippen LogP contribution is -2.66. The third-order valence-electron chi connectivity index (χ3n) is 7.71. The fourth-order valence-corrected chi connectivity index (χ4v) is 5.59. The molecule has 6 heterocycles. The van der Waals surface area contributed by atoms with Crippen LogP contribution in [0.3, 0.4) is 0 Å². The summed E-state index contributed by atoms with van der Waals surface area (Å²) in [7, 11) is 0. The molecule has 4 fully saturated rings. The van der Waals surface area contributed by atoms with E-state index < -0.39 is 6.43 Å². The van der Waals surface area contributed by atoms with Gasteiger partial charge in [-0.25, -0.2) is 8.78 Å². The maximum absolute atomic E-state index is 13.0. The van der Waals surface area contributed by atoms with Crippen LogP contribution in [0, 0.1) is 0 Å². The quantitative estimate of drug-likeness (QED) is 0.690. The number of hydrogen-bond donors (Lipinski definition) is 0. The second kappa shape index (κ2) is 8.09. The molecule has 0 aromatic carbocycles. The number of pyridine rings is 1. The number of ether oxygens (including phenoxy) is 2. The van der Waals surface area contributed by atoms with Gasteiger partial charge in [0.2, 0.25) is 11.9 Å². The molecule has 4 saturated heterocycles. The maximum Gasteiger partial charge on any atom is 0.280 e. The average Bonchev–Trinajstić information content (AvgIpc) is 2.83. The molecule has 0 radical (unpaired) electrons. The van der Waals surface area contributed by atoms with Crippen LogP contribution in [0.25, 0.3) is 11.4 Å². The van der Waals surface area contributed by atoms with Gasteiger partial charge in [0.1, 0.15) is 5.69 Å². The predicted molar refractivity (Wildman–Crippen MR) is 118 cm³/mol. The van der Waals surface area contributed by atoms with Gasteiger partial charge < -0.3 is 19.3 Å². The molecule has 2 unspecified atom stereocenters. The van der Waals surface area contributed by atoms with Gasteiger partial charge in [-0.3, -0.25) is 4.98 Å². The molecule has 2 aromatic rings. The molecule has 2 spiro atoms. The molecule has 6 rings (SSSR count). The Morgan fingerprint density at radius 2 is 1.42 bits per heavy atom. The van der Waals surface area contributed by atoms with Gasteiger partial charge in [0.15, 0.2) is 5.82 Å². The van der Waals surface area contributed by atoms with Gasteiger partial charge in [-0.15, -0.1) is 0 Å². The minimum absolute atomic E-state index is 0.0630. The Morgan fingerprint density at radius 1 is 0.818 bits per heavy atom. The Morgan fingerprint density at radius 3 is 1.82 bits per heavy atom. The van der Waals surface area contributed by atoms with Crippen molar-refractivity contribution in [2.45, 2.75) is 56.0 Å². The van der Waals surface area contributed by atoms with Crippen LogP contribution in [0.1, 0.15) is 50.6 Å². The van der Waals surface area contributed by atoms with E-state index in [2.05, 4.69) is 14.8 Å². The standard InChI is InChI=1S/C23H28F2N6O2/c24-18(25)17-4-3-16(13-26-17)19-27-20(30-9-7-22(30)5-1-11-32-14-22)29-21(28-19)31-10-8-23(31)6-2-12-33-15-23/h3-4,13,18H,1-2,5-12,14-15H2. The summed E-state index contributed by atoms with van der Waals surface area (Å²) in [5.41, 5.74) is 0.225. The van der Waals surface area contributed by atoms with Crippen LogP contribution in [-0.4, -0.2) is 70.5 Å². The highest BCUT2D eigenvalue weighted by Crippen LogP contribution is 2.43. The predicted octanol–water partition coefficient (Wildman–Crippen LogP) is 3.39. The third kappa shape index (κ3) is 3.54. The number of alkyl halides is 2. The van der Waals surface area contributed by atoms with Crippen molar-refractivity contribution in [3.8, 4) is 11.4 Å². The summed E-state index contributed by atoms with van der Waals surface area (Å²) in [4.78, 5) is 22.9. The zero-order valence-corrected chi connectivity index (χ0v) is 18.6. The van der Waals surface area contributed by atoms with E-state index >= 15 is 0 Å². The first kappa shape index (κ1) is 21.1. The summed E-state index contributed by atoms with van der Waals surface area (Å²) < 4.78 is 37.6. The molecular formula is C23H28F2N6O2. The molecule has 4 aliphatic heterocycles. The minimum atomic E-state index is -2.61. The fourth-order valence-electron chi connectivity index (χ4n) is 5.59. The molecule has 0 bridgehead atoms. The van der Waals surface area contributed by atoms with Crippen molar-refractivity contribution in [2.24, 2.45) is 0 Å². The number of aromatic nitrogens is 4. The summed E-state index contributed by atoms with van der Waals surface area (Å²) in [6.45, 7) is 4.67. The molecule has 0 aliphatic carbocycles. The molecule has 0 amide bonds. The zero-order valence-electron chi connectivity index (χ0n) is 18.6. The number of nitrogens with zero attached hydrogens (tertiary/aromatic N) is 6. The van der Waals surface area contributed by atoms with Crippen LogP contribution in [0.2, 0.25) is 0 Å². The molecule has 10 heteroatoms. The smallest absolute Gasteiger partial charge is 0.280 e. The van der Waals surface area contributed by atoms with Gasteiger partial charge in [-0.2, -0.15) is 15.0 Å².